The van der Waals surface area contributed by atoms with Crippen LogP contribution in [0.5, 0.6) is 5.75 Å². The fourth-order valence-corrected chi connectivity index (χ4v) is 2.62. The average molecular weight is 384 g/mol. The van der Waals surface area contributed by atoms with Crippen molar-refractivity contribution in [3.05, 3.63) is 59.2 Å². The van der Waals surface area contributed by atoms with E-state index in [1.165, 1.54) is 0 Å². The monoisotopic (exact) mass is 384 g/mol. The predicted molar refractivity (Wildman–Crippen MR) is 110 cm³/mol. The van der Waals surface area contributed by atoms with Gasteiger partial charge in [-0.25, -0.2) is 0 Å². The van der Waals surface area contributed by atoms with Gasteiger partial charge in [-0.2, -0.15) is 0 Å². The lowest BCUT2D eigenvalue weighted by Gasteiger charge is -2.18. The van der Waals surface area contributed by atoms with Crippen molar-refractivity contribution in [2.75, 3.05) is 25.6 Å². The van der Waals surface area contributed by atoms with E-state index in [0.29, 0.717) is 30.2 Å². The molecule has 2 aromatic rings. The molecule has 0 aliphatic heterocycles. The molecule has 150 valence electrons. The van der Waals surface area contributed by atoms with Crippen LogP contribution in [0.2, 0.25) is 0 Å². The second-order valence-corrected chi connectivity index (χ2v) is 6.67. The first-order valence-corrected chi connectivity index (χ1v) is 9.33. The molecule has 6 nitrogen and oxygen atoms in total. The van der Waals surface area contributed by atoms with Crippen molar-refractivity contribution in [3.63, 3.8) is 0 Å². The average Bonchev–Trinajstić information content (AvgIpc) is 2.68. The third-order valence-electron chi connectivity index (χ3n) is 4.26. The number of carbonyl (C=O) groups is 2. The maximum Gasteiger partial charge on any atom is 0.265 e. The van der Waals surface area contributed by atoms with Crippen molar-refractivity contribution in [3.8, 4) is 5.75 Å². The summed E-state index contributed by atoms with van der Waals surface area (Å²) in [4.78, 5) is 25.0. The Morgan fingerprint density at radius 1 is 1.11 bits per heavy atom. The number of methoxy groups -OCH3 is 1. The van der Waals surface area contributed by atoms with Crippen LogP contribution in [0.4, 0.5) is 5.69 Å². The number of amides is 2. The molecule has 0 aliphatic rings. The van der Waals surface area contributed by atoms with Gasteiger partial charge < -0.3 is 20.1 Å². The van der Waals surface area contributed by atoms with Crippen molar-refractivity contribution in [1.82, 2.24) is 5.32 Å². The third-order valence-corrected chi connectivity index (χ3v) is 4.26. The SMILES string of the molecule is COCCCNC(=O)c1ccccc1NC(=O)[C@@H](C)Oc1cc(C)ccc1C. The summed E-state index contributed by atoms with van der Waals surface area (Å²) in [5.74, 6) is 0.113. The molecule has 0 aliphatic carbocycles. The summed E-state index contributed by atoms with van der Waals surface area (Å²) in [7, 11) is 1.62. The molecule has 0 bridgehead atoms. The highest BCUT2D eigenvalue weighted by Gasteiger charge is 2.19. The quantitative estimate of drug-likeness (QED) is 0.649. The standard InChI is InChI=1S/C22H28N2O4/c1-15-10-11-16(2)20(14-15)28-17(3)21(25)24-19-9-6-5-8-18(19)22(26)23-12-7-13-27-4/h5-6,8-11,14,17H,7,12-13H2,1-4H3,(H,23,26)(H,24,25)/t17-/m1/s1. The summed E-state index contributed by atoms with van der Waals surface area (Å²) in [6.45, 7) is 6.67. The van der Waals surface area contributed by atoms with Crippen LogP contribution in [0.3, 0.4) is 0 Å². The molecular formula is C22H28N2O4. The lowest BCUT2D eigenvalue weighted by atomic mass is 10.1. The number of nitrogens with one attached hydrogen (secondary N) is 2. The lowest BCUT2D eigenvalue weighted by molar-refractivity contribution is -0.122. The van der Waals surface area contributed by atoms with Crippen molar-refractivity contribution in [2.24, 2.45) is 0 Å². The van der Waals surface area contributed by atoms with Gasteiger partial charge in [-0.15, -0.1) is 0 Å². The Morgan fingerprint density at radius 3 is 2.61 bits per heavy atom. The first kappa shape index (κ1) is 21.4. The van der Waals surface area contributed by atoms with Gasteiger partial charge in [0, 0.05) is 20.3 Å². The van der Waals surface area contributed by atoms with Crippen molar-refractivity contribution in [1.29, 1.82) is 0 Å². The number of ether oxygens (including phenoxy) is 2. The Morgan fingerprint density at radius 2 is 1.86 bits per heavy atom. The van der Waals surface area contributed by atoms with Gasteiger partial charge in [-0.3, -0.25) is 9.59 Å². The van der Waals surface area contributed by atoms with Gasteiger partial charge in [0.2, 0.25) is 0 Å². The second-order valence-electron chi connectivity index (χ2n) is 6.67. The summed E-state index contributed by atoms with van der Waals surface area (Å²) >= 11 is 0. The Balaban J connectivity index is 2.03. The molecule has 2 aromatic carbocycles. The number of anilines is 1. The van der Waals surface area contributed by atoms with Crippen LogP contribution in [-0.2, 0) is 9.53 Å². The Hall–Kier alpha value is -2.86. The van der Waals surface area contributed by atoms with E-state index >= 15 is 0 Å². The molecule has 0 radical (unpaired) electrons. The highest BCUT2D eigenvalue weighted by Crippen LogP contribution is 2.21. The molecule has 2 rings (SSSR count). The molecular weight excluding hydrogens is 356 g/mol. The van der Waals surface area contributed by atoms with Crippen LogP contribution >= 0.6 is 0 Å². The summed E-state index contributed by atoms with van der Waals surface area (Å²) in [6, 6.07) is 12.8. The van der Waals surface area contributed by atoms with Gasteiger partial charge in [0.1, 0.15) is 5.75 Å². The molecule has 6 heteroatoms. The Kier molecular flexibility index (Phi) is 8.02. The van der Waals surface area contributed by atoms with Gasteiger partial charge in [0.25, 0.3) is 11.8 Å². The summed E-state index contributed by atoms with van der Waals surface area (Å²) in [6.07, 6.45) is 0.00984. The van der Waals surface area contributed by atoms with Gasteiger partial charge >= 0.3 is 0 Å². The fourth-order valence-electron chi connectivity index (χ4n) is 2.62. The molecule has 2 amide bonds. The number of aryl methyl sites for hydroxylation is 2. The molecule has 0 fully saturated rings. The zero-order valence-corrected chi connectivity index (χ0v) is 16.9. The van der Waals surface area contributed by atoms with Crippen molar-refractivity contribution in [2.45, 2.75) is 33.3 Å². The molecule has 0 aromatic heterocycles. The van der Waals surface area contributed by atoms with E-state index in [1.807, 2.05) is 32.0 Å². The molecule has 0 spiro atoms. The van der Waals surface area contributed by atoms with Gasteiger partial charge in [0.15, 0.2) is 6.10 Å². The number of hydrogen-bond acceptors (Lipinski definition) is 4. The highest BCUT2D eigenvalue weighted by molar-refractivity contribution is 6.04. The van der Waals surface area contributed by atoms with E-state index in [0.717, 1.165) is 17.5 Å². The first-order valence-electron chi connectivity index (χ1n) is 9.33. The normalized spacial score (nSPS) is 11.6. The van der Waals surface area contributed by atoms with E-state index in [9.17, 15) is 9.59 Å². The maximum atomic E-state index is 12.6. The first-order chi connectivity index (χ1) is 13.4. The second kappa shape index (κ2) is 10.5. The minimum absolute atomic E-state index is 0.241. The van der Waals surface area contributed by atoms with E-state index in [1.54, 1.807) is 38.3 Å². The smallest absolute Gasteiger partial charge is 0.265 e. The van der Waals surface area contributed by atoms with Crippen LogP contribution < -0.4 is 15.4 Å². The Labute approximate surface area is 166 Å². The summed E-state index contributed by atoms with van der Waals surface area (Å²) < 4.78 is 10.8. The molecule has 0 unspecified atom stereocenters. The van der Waals surface area contributed by atoms with Crippen LogP contribution in [0.1, 0.15) is 34.8 Å². The summed E-state index contributed by atoms with van der Waals surface area (Å²) in [5.41, 5.74) is 2.88. The maximum absolute atomic E-state index is 12.6. The number of carbonyl (C=O) groups excluding carboxylic acids is 2. The molecule has 2 N–H and O–H groups in total. The number of para-hydroxylation sites is 1. The predicted octanol–water partition coefficient (Wildman–Crippen LogP) is 3.48. The van der Waals surface area contributed by atoms with Crippen LogP contribution in [0.15, 0.2) is 42.5 Å². The minimum atomic E-state index is -0.710. The highest BCUT2D eigenvalue weighted by atomic mass is 16.5. The largest absolute Gasteiger partial charge is 0.481 e. The number of benzene rings is 2. The fraction of sp³-hybridized carbons (Fsp3) is 0.364. The van der Waals surface area contributed by atoms with Gasteiger partial charge in [-0.05, 0) is 56.5 Å². The molecule has 0 saturated carbocycles. The molecule has 1 atom stereocenters. The van der Waals surface area contributed by atoms with Crippen LogP contribution in [0, 0.1) is 13.8 Å². The third kappa shape index (κ3) is 6.09. The van der Waals surface area contributed by atoms with E-state index in [2.05, 4.69) is 10.6 Å². The van der Waals surface area contributed by atoms with E-state index < -0.39 is 6.10 Å². The minimum Gasteiger partial charge on any atom is -0.481 e. The topological polar surface area (TPSA) is 76.7 Å². The number of hydrogen-bond donors (Lipinski definition) is 2. The Bertz CT molecular complexity index is 820. The van der Waals surface area contributed by atoms with Gasteiger partial charge in [-0.1, -0.05) is 24.3 Å². The zero-order valence-electron chi connectivity index (χ0n) is 16.9. The summed E-state index contributed by atoms with van der Waals surface area (Å²) in [5, 5.41) is 5.63. The van der Waals surface area contributed by atoms with Crippen LogP contribution in [0.25, 0.3) is 0 Å². The van der Waals surface area contributed by atoms with Crippen molar-refractivity contribution < 1.29 is 19.1 Å². The van der Waals surface area contributed by atoms with E-state index in [-0.39, 0.29) is 11.8 Å². The zero-order chi connectivity index (χ0) is 20.5. The van der Waals surface area contributed by atoms with Gasteiger partial charge in [0.05, 0.1) is 11.3 Å². The van der Waals surface area contributed by atoms with Crippen molar-refractivity contribution >= 4 is 17.5 Å². The molecule has 28 heavy (non-hydrogen) atoms. The molecule has 0 saturated heterocycles. The number of rotatable bonds is 9. The van der Waals surface area contributed by atoms with Crippen LogP contribution in [-0.4, -0.2) is 38.2 Å². The van der Waals surface area contributed by atoms with E-state index in [4.69, 9.17) is 9.47 Å². The lowest BCUT2D eigenvalue weighted by Crippen LogP contribution is -2.32. The molecule has 0 heterocycles.